The Hall–Kier alpha value is -3.67. The van der Waals surface area contributed by atoms with Crippen LogP contribution in [0.15, 0.2) is 48.5 Å². The van der Waals surface area contributed by atoms with Gasteiger partial charge in [0.05, 0.1) is 25.3 Å². The van der Waals surface area contributed by atoms with Gasteiger partial charge in [-0.15, -0.1) is 0 Å². The molecule has 0 saturated carbocycles. The summed E-state index contributed by atoms with van der Waals surface area (Å²) >= 11 is 0. The number of guanidine groups is 1. The molecular formula is C25H28N6O2. The van der Waals surface area contributed by atoms with Gasteiger partial charge in [0.25, 0.3) is 0 Å². The first-order chi connectivity index (χ1) is 16.0. The van der Waals surface area contributed by atoms with Gasteiger partial charge in [-0.1, -0.05) is 42.5 Å². The van der Waals surface area contributed by atoms with Crippen LogP contribution in [-0.4, -0.2) is 59.0 Å². The second-order valence-electron chi connectivity index (χ2n) is 8.18. The van der Waals surface area contributed by atoms with Crippen LogP contribution in [0.5, 0.6) is 0 Å². The normalized spacial score (nSPS) is 14.2. The maximum Gasteiger partial charge on any atom is 0.202 e. The van der Waals surface area contributed by atoms with E-state index in [-0.39, 0.29) is 18.3 Å². The van der Waals surface area contributed by atoms with Crippen molar-refractivity contribution in [3.05, 3.63) is 70.9 Å². The Bertz CT molecular complexity index is 1200. The largest absolute Gasteiger partial charge is 0.379 e. The number of benzene rings is 2. The first-order valence-electron chi connectivity index (χ1n) is 11.0. The van der Waals surface area contributed by atoms with Crippen molar-refractivity contribution in [2.45, 2.75) is 20.0 Å². The summed E-state index contributed by atoms with van der Waals surface area (Å²) in [6, 6.07) is 15.2. The number of para-hydroxylation sites is 1. The molecule has 0 unspecified atom stereocenters. The van der Waals surface area contributed by atoms with Crippen LogP contribution in [0, 0.1) is 23.8 Å². The molecule has 0 bridgehead atoms. The van der Waals surface area contributed by atoms with Gasteiger partial charge in [-0.3, -0.25) is 15.1 Å². The number of carbonyl (C=O) groups excluding carboxylic acids is 1. The van der Waals surface area contributed by atoms with Gasteiger partial charge in [-0.2, -0.15) is 5.26 Å². The minimum atomic E-state index is -0.307. The van der Waals surface area contributed by atoms with E-state index >= 15 is 0 Å². The maximum absolute atomic E-state index is 13.5. The van der Waals surface area contributed by atoms with E-state index in [0.717, 1.165) is 72.0 Å². The third-order valence-corrected chi connectivity index (χ3v) is 6.17. The molecule has 1 fully saturated rings. The van der Waals surface area contributed by atoms with Crippen molar-refractivity contribution in [1.82, 2.24) is 14.4 Å². The molecule has 1 aliphatic heterocycles. The summed E-state index contributed by atoms with van der Waals surface area (Å²) in [7, 11) is 0. The number of hydrogen-bond donors (Lipinski definition) is 2. The van der Waals surface area contributed by atoms with E-state index in [1.54, 1.807) is 24.3 Å². The highest BCUT2D eigenvalue weighted by Crippen LogP contribution is 2.28. The number of fused-ring (bicyclic) bond motifs is 1. The minimum absolute atomic E-state index is 0.0240. The Balaban J connectivity index is 1.60. The molecule has 1 aromatic heterocycles. The van der Waals surface area contributed by atoms with Crippen LogP contribution >= 0.6 is 0 Å². The van der Waals surface area contributed by atoms with E-state index < -0.39 is 0 Å². The highest BCUT2D eigenvalue weighted by atomic mass is 16.5. The zero-order chi connectivity index (χ0) is 23.4. The number of hydrogen-bond acceptors (Lipinski definition) is 5. The van der Waals surface area contributed by atoms with Crippen molar-refractivity contribution < 1.29 is 9.53 Å². The van der Waals surface area contributed by atoms with Gasteiger partial charge in [-0.05, 0) is 18.6 Å². The summed E-state index contributed by atoms with van der Waals surface area (Å²) in [6.45, 7) is 7.34. The van der Waals surface area contributed by atoms with Gasteiger partial charge in [0.2, 0.25) is 5.96 Å². The molecule has 0 spiro atoms. The molecule has 1 saturated heterocycles. The molecule has 2 aromatic carbocycles. The molecule has 1 aliphatic rings. The van der Waals surface area contributed by atoms with Crippen LogP contribution in [-0.2, 0) is 17.8 Å². The lowest BCUT2D eigenvalue weighted by molar-refractivity contribution is 0.0365. The molecule has 0 atom stereocenters. The fraction of sp³-hybridized carbons (Fsp3) is 0.320. The van der Waals surface area contributed by atoms with Gasteiger partial charge >= 0.3 is 0 Å². The topological polar surface area (TPSA) is 111 Å². The van der Waals surface area contributed by atoms with Crippen LogP contribution in [0.25, 0.3) is 10.9 Å². The van der Waals surface area contributed by atoms with Gasteiger partial charge in [0.1, 0.15) is 0 Å². The lowest BCUT2D eigenvalue weighted by Gasteiger charge is -2.27. The first-order valence-corrected chi connectivity index (χ1v) is 11.0. The van der Waals surface area contributed by atoms with E-state index in [1.807, 2.05) is 31.3 Å². The van der Waals surface area contributed by atoms with Crippen LogP contribution < -0.4 is 5.73 Å². The molecule has 3 aromatic rings. The van der Waals surface area contributed by atoms with Crippen molar-refractivity contribution in [3.63, 3.8) is 0 Å². The van der Waals surface area contributed by atoms with Gasteiger partial charge in [-0.25, -0.2) is 4.90 Å². The second-order valence-corrected chi connectivity index (χ2v) is 8.18. The Morgan fingerprint density at radius 2 is 1.85 bits per heavy atom. The predicted molar refractivity (Wildman–Crippen MR) is 127 cm³/mol. The van der Waals surface area contributed by atoms with Gasteiger partial charge in [0, 0.05) is 48.3 Å². The Morgan fingerprint density at radius 3 is 2.52 bits per heavy atom. The molecule has 3 N–H and O–H groups in total. The zero-order valence-corrected chi connectivity index (χ0v) is 18.8. The fourth-order valence-corrected chi connectivity index (χ4v) is 4.33. The Labute approximate surface area is 193 Å². The highest BCUT2D eigenvalue weighted by Gasteiger charge is 2.22. The Kier molecular flexibility index (Phi) is 6.73. The SMILES string of the molecule is Cc1c(C(=O)c2ccc(CN(C#N)C(=N)N)cc2)c2ccccc2n1CCN1CCOCC1. The van der Waals surface area contributed by atoms with E-state index in [2.05, 4.69) is 15.5 Å². The van der Waals surface area contributed by atoms with E-state index in [0.29, 0.717) is 5.56 Å². The summed E-state index contributed by atoms with van der Waals surface area (Å²) in [4.78, 5) is 17.0. The van der Waals surface area contributed by atoms with E-state index in [1.165, 1.54) is 0 Å². The van der Waals surface area contributed by atoms with Crippen molar-refractivity contribution in [2.75, 3.05) is 32.8 Å². The number of ether oxygens (including phenoxy) is 1. The lowest BCUT2D eigenvalue weighted by atomic mass is 9.99. The quantitative estimate of drug-likeness (QED) is 0.191. The number of carbonyl (C=O) groups is 1. The van der Waals surface area contributed by atoms with Crippen molar-refractivity contribution in [3.8, 4) is 6.19 Å². The number of nitrogens with zero attached hydrogens (tertiary/aromatic N) is 4. The fourth-order valence-electron chi connectivity index (χ4n) is 4.33. The Morgan fingerprint density at radius 1 is 1.15 bits per heavy atom. The lowest BCUT2D eigenvalue weighted by Crippen LogP contribution is -2.38. The molecule has 8 heteroatoms. The smallest absolute Gasteiger partial charge is 0.202 e. The minimum Gasteiger partial charge on any atom is -0.379 e. The number of nitriles is 1. The number of ketones is 1. The molecule has 33 heavy (non-hydrogen) atoms. The van der Waals surface area contributed by atoms with Crippen LogP contribution in [0.3, 0.4) is 0 Å². The maximum atomic E-state index is 13.5. The van der Waals surface area contributed by atoms with E-state index in [4.69, 9.17) is 21.1 Å². The van der Waals surface area contributed by atoms with Gasteiger partial charge < -0.3 is 15.0 Å². The molecule has 4 rings (SSSR count). The summed E-state index contributed by atoms with van der Waals surface area (Å²) in [5.74, 6) is -0.331. The molecule has 0 radical (unpaired) electrons. The second kappa shape index (κ2) is 9.86. The molecular weight excluding hydrogens is 416 g/mol. The first kappa shape index (κ1) is 22.5. The summed E-state index contributed by atoms with van der Waals surface area (Å²) in [5, 5.41) is 17.5. The molecule has 170 valence electrons. The summed E-state index contributed by atoms with van der Waals surface area (Å²) in [5.41, 5.74) is 9.55. The van der Waals surface area contributed by atoms with Crippen LogP contribution in [0.1, 0.15) is 27.2 Å². The number of aromatic nitrogens is 1. The average molecular weight is 445 g/mol. The number of nitrogens with one attached hydrogen (secondary N) is 1. The number of rotatable bonds is 7. The van der Waals surface area contributed by atoms with Crippen molar-refractivity contribution in [1.29, 1.82) is 10.7 Å². The molecule has 8 nitrogen and oxygen atoms in total. The van der Waals surface area contributed by atoms with E-state index in [9.17, 15) is 4.79 Å². The standard InChI is InChI=1S/C25H28N6O2/c1-18-23(24(32)20-8-6-19(7-9-20)16-30(17-26)25(27)28)21-4-2-3-5-22(21)31(18)11-10-29-12-14-33-15-13-29/h2-9H,10-16H2,1H3,(H3,27,28). The number of morpholine rings is 1. The van der Waals surface area contributed by atoms with Crippen molar-refractivity contribution >= 4 is 22.6 Å². The summed E-state index contributed by atoms with van der Waals surface area (Å²) in [6.07, 6.45) is 1.88. The van der Waals surface area contributed by atoms with Crippen molar-refractivity contribution in [2.24, 2.45) is 5.73 Å². The third kappa shape index (κ3) is 4.75. The van der Waals surface area contributed by atoms with Crippen LogP contribution in [0.2, 0.25) is 0 Å². The number of nitrogens with two attached hydrogens (primary N) is 1. The van der Waals surface area contributed by atoms with Gasteiger partial charge in [0.15, 0.2) is 12.0 Å². The molecule has 0 aliphatic carbocycles. The highest BCUT2D eigenvalue weighted by molar-refractivity contribution is 6.17. The third-order valence-electron chi connectivity index (χ3n) is 6.17. The monoisotopic (exact) mass is 444 g/mol. The average Bonchev–Trinajstić information content (AvgIpc) is 3.12. The zero-order valence-electron chi connectivity index (χ0n) is 18.8. The molecule has 0 amide bonds. The summed E-state index contributed by atoms with van der Waals surface area (Å²) < 4.78 is 7.69. The predicted octanol–water partition coefficient (Wildman–Crippen LogP) is 2.69. The molecule has 2 heterocycles. The van der Waals surface area contributed by atoms with Crippen LogP contribution in [0.4, 0.5) is 0 Å².